The molecule has 5 rings (SSSR count). The SMILES string of the molecule is Nc1ncnc2c1c(-c1cccc(C(=O)NCc3ccc(C(F)(F)F)cc3)c1)nn2[C@@H]1CCCNC1. The molecule has 0 unspecified atom stereocenters. The molecule has 36 heavy (non-hydrogen) atoms. The molecule has 1 atom stereocenters. The highest BCUT2D eigenvalue weighted by Crippen LogP contribution is 2.33. The fraction of sp³-hybridized carbons (Fsp3) is 0.280. The van der Waals surface area contributed by atoms with Gasteiger partial charge < -0.3 is 16.4 Å². The predicted molar refractivity (Wildman–Crippen MR) is 129 cm³/mol. The van der Waals surface area contributed by atoms with Gasteiger partial charge in [-0.25, -0.2) is 14.6 Å². The average molecular weight is 496 g/mol. The van der Waals surface area contributed by atoms with Crippen molar-refractivity contribution >= 4 is 22.8 Å². The molecular formula is C25H24F3N7O. The van der Waals surface area contributed by atoms with Crippen LogP contribution in [-0.2, 0) is 12.7 Å². The van der Waals surface area contributed by atoms with Crippen LogP contribution in [0.4, 0.5) is 19.0 Å². The Bertz CT molecular complexity index is 1390. The van der Waals surface area contributed by atoms with E-state index in [1.165, 1.54) is 18.5 Å². The molecule has 1 aliphatic rings. The first-order valence-corrected chi connectivity index (χ1v) is 11.6. The van der Waals surface area contributed by atoms with Crippen molar-refractivity contribution in [1.29, 1.82) is 0 Å². The molecule has 186 valence electrons. The summed E-state index contributed by atoms with van der Waals surface area (Å²) in [5.74, 6) is -0.0524. The molecule has 0 aliphatic carbocycles. The van der Waals surface area contributed by atoms with Gasteiger partial charge in [0.2, 0.25) is 0 Å². The van der Waals surface area contributed by atoms with Gasteiger partial charge in [0.05, 0.1) is 17.0 Å². The minimum atomic E-state index is -4.40. The van der Waals surface area contributed by atoms with Crippen molar-refractivity contribution in [3.63, 3.8) is 0 Å². The second kappa shape index (κ2) is 9.57. The quantitative estimate of drug-likeness (QED) is 0.387. The Hall–Kier alpha value is -3.99. The highest BCUT2D eigenvalue weighted by atomic mass is 19.4. The molecule has 0 bridgehead atoms. The number of anilines is 1. The minimum Gasteiger partial charge on any atom is -0.383 e. The molecule has 2 aromatic carbocycles. The van der Waals surface area contributed by atoms with E-state index >= 15 is 0 Å². The van der Waals surface area contributed by atoms with Crippen LogP contribution in [-0.4, -0.2) is 38.7 Å². The van der Waals surface area contributed by atoms with Crippen molar-refractivity contribution in [1.82, 2.24) is 30.4 Å². The van der Waals surface area contributed by atoms with Gasteiger partial charge in [-0.05, 0) is 49.2 Å². The van der Waals surface area contributed by atoms with E-state index in [0.29, 0.717) is 39.2 Å². The van der Waals surface area contributed by atoms with Gasteiger partial charge in [0.25, 0.3) is 5.91 Å². The van der Waals surface area contributed by atoms with E-state index in [-0.39, 0.29) is 18.5 Å². The van der Waals surface area contributed by atoms with Crippen LogP contribution in [0.5, 0.6) is 0 Å². The lowest BCUT2D eigenvalue weighted by Gasteiger charge is -2.23. The van der Waals surface area contributed by atoms with Crippen molar-refractivity contribution in [2.75, 3.05) is 18.8 Å². The summed E-state index contributed by atoms with van der Waals surface area (Å²) < 4.78 is 40.2. The fourth-order valence-electron chi connectivity index (χ4n) is 4.40. The number of carbonyl (C=O) groups excluding carboxylic acids is 1. The summed E-state index contributed by atoms with van der Waals surface area (Å²) in [4.78, 5) is 21.4. The van der Waals surface area contributed by atoms with E-state index in [2.05, 4.69) is 20.6 Å². The molecule has 11 heteroatoms. The highest BCUT2D eigenvalue weighted by Gasteiger charge is 2.30. The maximum atomic E-state index is 12.8. The Morgan fingerprint density at radius 1 is 1.17 bits per heavy atom. The highest BCUT2D eigenvalue weighted by molar-refractivity contribution is 6.00. The van der Waals surface area contributed by atoms with Crippen molar-refractivity contribution in [2.24, 2.45) is 0 Å². The van der Waals surface area contributed by atoms with Gasteiger partial charge in [0.15, 0.2) is 5.65 Å². The van der Waals surface area contributed by atoms with Gasteiger partial charge >= 0.3 is 6.18 Å². The Morgan fingerprint density at radius 2 is 1.97 bits per heavy atom. The zero-order valence-electron chi connectivity index (χ0n) is 19.2. The van der Waals surface area contributed by atoms with Crippen molar-refractivity contribution in [3.8, 4) is 11.3 Å². The molecule has 4 N–H and O–H groups in total. The predicted octanol–water partition coefficient (Wildman–Crippen LogP) is 3.95. The Morgan fingerprint density at radius 3 is 2.69 bits per heavy atom. The van der Waals surface area contributed by atoms with Gasteiger partial charge in [-0.2, -0.15) is 18.3 Å². The smallest absolute Gasteiger partial charge is 0.383 e. The number of nitrogens with one attached hydrogen (secondary N) is 2. The van der Waals surface area contributed by atoms with E-state index in [1.54, 1.807) is 18.2 Å². The first-order chi connectivity index (χ1) is 17.3. The first-order valence-electron chi connectivity index (χ1n) is 11.6. The van der Waals surface area contributed by atoms with Crippen molar-refractivity contribution in [2.45, 2.75) is 31.6 Å². The van der Waals surface area contributed by atoms with Crippen LogP contribution < -0.4 is 16.4 Å². The maximum Gasteiger partial charge on any atom is 0.416 e. The Kier molecular flexibility index (Phi) is 6.31. The standard InChI is InChI=1S/C25H24F3N7O/c26-25(27,28)18-8-6-15(7-9-18)12-31-24(36)17-4-1-3-16(11-17)21-20-22(29)32-14-33-23(20)35(34-21)19-5-2-10-30-13-19/h1,3-4,6-9,11,14,19,30H,2,5,10,12-13H2,(H,31,36)(H2,29,32,33)/t19-/m1/s1. The lowest BCUT2D eigenvalue weighted by molar-refractivity contribution is -0.137. The van der Waals surface area contributed by atoms with Crippen LogP contribution in [0.3, 0.4) is 0 Å². The number of piperidine rings is 1. The number of amides is 1. The van der Waals surface area contributed by atoms with E-state index in [9.17, 15) is 18.0 Å². The zero-order valence-corrected chi connectivity index (χ0v) is 19.2. The molecule has 1 fully saturated rings. The molecule has 0 saturated carbocycles. The third-order valence-corrected chi connectivity index (χ3v) is 6.27. The molecule has 4 aromatic rings. The number of rotatable bonds is 5. The summed E-state index contributed by atoms with van der Waals surface area (Å²) >= 11 is 0. The summed E-state index contributed by atoms with van der Waals surface area (Å²) in [5, 5.41) is 11.6. The van der Waals surface area contributed by atoms with Crippen LogP contribution >= 0.6 is 0 Å². The molecule has 3 heterocycles. The summed E-state index contributed by atoms with van der Waals surface area (Å²) in [5.41, 5.74) is 8.34. The number of fused-ring (bicyclic) bond motifs is 1. The molecule has 0 spiro atoms. The normalized spacial score (nSPS) is 16.2. The molecule has 0 radical (unpaired) electrons. The van der Waals surface area contributed by atoms with Gasteiger partial charge in [0.1, 0.15) is 17.8 Å². The van der Waals surface area contributed by atoms with Crippen LogP contribution in [0.25, 0.3) is 22.3 Å². The van der Waals surface area contributed by atoms with E-state index in [4.69, 9.17) is 10.8 Å². The molecule has 1 saturated heterocycles. The summed E-state index contributed by atoms with van der Waals surface area (Å²) in [6, 6.07) is 11.8. The topological polar surface area (TPSA) is 111 Å². The number of hydrogen-bond donors (Lipinski definition) is 3. The van der Waals surface area contributed by atoms with Crippen LogP contribution in [0.1, 0.15) is 40.4 Å². The van der Waals surface area contributed by atoms with E-state index in [1.807, 2.05) is 10.7 Å². The van der Waals surface area contributed by atoms with Crippen LogP contribution in [0.2, 0.25) is 0 Å². The lowest BCUT2D eigenvalue weighted by Crippen LogP contribution is -2.32. The average Bonchev–Trinajstić information content (AvgIpc) is 3.29. The monoisotopic (exact) mass is 495 g/mol. The zero-order chi connectivity index (χ0) is 25.3. The third-order valence-electron chi connectivity index (χ3n) is 6.27. The number of nitrogens with zero attached hydrogens (tertiary/aromatic N) is 4. The molecule has 1 amide bonds. The fourth-order valence-corrected chi connectivity index (χ4v) is 4.40. The lowest BCUT2D eigenvalue weighted by atomic mass is 10.1. The van der Waals surface area contributed by atoms with Crippen LogP contribution in [0.15, 0.2) is 54.9 Å². The maximum absolute atomic E-state index is 12.8. The second-order valence-electron chi connectivity index (χ2n) is 8.71. The summed E-state index contributed by atoms with van der Waals surface area (Å²) in [7, 11) is 0. The number of alkyl halides is 3. The summed E-state index contributed by atoms with van der Waals surface area (Å²) in [6.45, 7) is 1.82. The van der Waals surface area contributed by atoms with Crippen molar-refractivity contribution in [3.05, 3.63) is 71.5 Å². The van der Waals surface area contributed by atoms with Crippen LogP contribution in [0, 0.1) is 0 Å². The van der Waals surface area contributed by atoms with E-state index < -0.39 is 11.7 Å². The van der Waals surface area contributed by atoms with Gasteiger partial charge in [-0.1, -0.05) is 24.3 Å². The molecule has 1 aliphatic heterocycles. The number of carbonyl (C=O) groups is 1. The number of benzene rings is 2. The molecule has 8 nitrogen and oxygen atoms in total. The van der Waals surface area contributed by atoms with Gasteiger partial charge in [-0.3, -0.25) is 4.79 Å². The van der Waals surface area contributed by atoms with Gasteiger partial charge in [0, 0.05) is 24.2 Å². The first kappa shape index (κ1) is 23.7. The molecular weight excluding hydrogens is 471 g/mol. The Labute approximate surface area is 204 Å². The van der Waals surface area contributed by atoms with E-state index in [0.717, 1.165) is 38.1 Å². The second-order valence-corrected chi connectivity index (χ2v) is 8.71. The minimum absolute atomic E-state index is 0.0915. The third kappa shape index (κ3) is 4.74. The number of halogens is 3. The van der Waals surface area contributed by atoms with Crippen molar-refractivity contribution < 1.29 is 18.0 Å². The van der Waals surface area contributed by atoms with Gasteiger partial charge in [-0.15, -0.1) is 0 Å². The number of nitrogen functional groups attached to an aromatic ring is 1. The number of nitrogens with two attached hydrogens (primary N) is 1. The number of hydrogen-bond acceptors (Lipinski definition) is 6. The largest absolute Gasteiger partial charge is 0.416 e. The number of aromatic nitrogens is 4. The molecule has 2 aromatic heterocycles. The Balaban J connectivity index is 1.40. The summed E-state index contributed by atoms with van der Waals surface area (Å²) in [6.07, 6.45) is -1.00.